The highest BCUT2D eigenvalue weighted by Gasteiger charge is 2.16. The third-order valence-corrected chi connectivity index (χ3v) is 2.53. The normalized spacial score (nSPS) is 11.2. The van der Waals surface area contributed by atoms with Gasteiger partial charge >= 0.3 is 0 Å². The molecule has 0 aromatic carbocycles. The van der Waals surface area contributed by atoms with E-state index in [4.69, 9.17) is 17.0 Å². The van der Waals surface area contributed by atoms with Gasteiger partial charge in [-0.1, -0.05) is 13.3 Å². The Morgan fingerprint density at radius 1 is 1.31 bits per heavy atom. The van der Waals surface area contributed by atoms with Crippen LogP contribution in [-0.2, 0) is 4.74 Å². The molecule has 0 unspecified atom stereocenters. The largest absolute Gasteiger partial charge is 0.382 e. The lowest BCUT2D eigenvalue weighted by Gasteiger charge is -2.27. The fraction of sp³-hybridized carbons (Fsp3) is 0.917. The summed E-state index contributed by atoms with van der Waals surface area (Å²) in [4.78, 5) is 0. The van der Waals surface area contributed by atoms with E-state index in [1.165, 1.54) is 0 Å². The van der Waals surface area contributed by atoms with Crippen molar-refractivity contribution in [3.05, 3.63) is 0 Å². The van der Waals surface area contributed by atoms with Crippen LogP contribution >= 0.6 is 12.2 Å². The second-order valence-electron chi connectivity index (χ2n) is 4.57. The molecule has 0 heterocycles. The van der Waals surface area contributed by atoms with E-state index in [0.717, 1.165) is 44.1 Å². The van der Waals surface area contributed by atoms with Crippen molar-refractivity contribution in [1.29, 1.82) is 0 Å². The van der Waals surface area contributed by atoms with Gasteiger partial charge in [-0.3, -0.25) is 0 Å². The number of thiocarbonyl (C=S) groups is 1. The lowest BCUT2D eigenvalue weighted by molar-refractivity contribution is 0.145. The fourth-order valence-corrected chi connectivity index (χ4v) is 1.94. The summed E-state index contributed by atoms with van der Waals surface area (Å²) >= 11 is 5.23. The maximum Gasteiger partial charge on any atom is 0.166 e. The van der Waals surface area contributed by atoms with Crippen LogP contribution in [0.1, 0.15) is 47.0 Å². The molecule has 0 aromatic rings. The van der Waals surface area contributed by atoms with Gasteiger partial charge in [-0.2, -0.15) is 0 Å². The van der Waals surface area contributed by atoms with E-state index >= 15 is 0 Å². The maximum atomic E-state index is 5.25. The first kappa shape index (κ1) is 15.7. The Kier molecular flexibility index (Phi) is 8.57. The molecule has 96 valence electrons. The van der Waals surface area contributed by atoms with E-state index in [0.29, 0.717) is 0 Å². The zero-order chi connectivity index (χ0) is 12.4. The maximum absolute atomic E-state index is 5.25. The minimum atomic E-state index is 0.0821. The molecular weight excluding hydrogens is 220 g/mol. The predicted octanol–water partition coefficient (Wildman–Crippen LogP) is 2.46. The van der Waals surface area contributed by atoms with Gasteiger partial charge in [0.25, 0.3) is 0 Å². The molecular formula is C12H26N2OS. The minimum Gasteiger partial charge on any atom is -0.382 e. The van der Waals surface area contributed by atoms with Gasteiger partial charge in [-0.15, -0.1) is 0 Å². The first-order valence-corrected chi connectivity index (χ1v) is 6.56. The summed E-state index contributed by atoms with van der Waals surface area (Å²) in [5.41, 5.74) is 0.0821. The van der Waals surface area contributed by atoms with E-state index in [1.54, 1.807) is 0 Å². The van der Waals surface area contributed by atoms with Gasteiger partial charge in [0.1, 0.15) is 0 Å². The lowest BCUT2D eigenvalue weighted by Crippen LogP contribution is -2.48. The molecule has 0 spiro atoms. The van der Waals surface area contributed by atoms with Gasteiger partial charge in [-0.25, -0.2) is 0 Å². The Morgan fingerprint density at radius 2 is 2.00 bits per heavy atom. The Balaban J connectivity index is 3.58. The molecule has 0 saturated carbocycles. The summed E-state index contributed by atoms with van der Waals surface area (Å²) in [6, 6.07) is 0. The highest BCUT2D eigenvalue weighted by atomic mass is 32.1. The summed E-state index contributed by atoms with van der Waals surface area (Å²) in [6.07, 6.45) is 3.27. The van der Waals surface area contributed by atoms with Crippen molar-refractivity contribution in [1.82, 2.24) is 10.6 Å². The number of rotatable bonds is 8. The molecule has 0 aliphatic carbocycles. The second kappa shape index (κ2) is 8.76. The molecule has 0 bridgehead atoms. The molecule has 0 aromatic heterocycles. The Morgan fingerprint density at radius 3 is 2.56 bits per heavy atom. The van der Waals surface area contributed by atoms with Crippen molar-refractivity contribution >= 4 is 17.3 Å². The Hall–Kier alpha value is -0.350. The zero-order valence-electron chi connectivity index (χ0n) is 11.1. The molecule has 0 radical (unpaired) electrons. The van der Waals surface area contributed by atoms with Crippen LogP contribution in [0, 0.1) is 0 Å². The Bertz CT molecular complexity index is 195. The van der Waals surface area contributed by atoms with Gasteiger partial charge in [0, 0.05) is 25.3 Å². The van der Waals surface area contributed by atoms with Crippen LogP contribution in [0.4, 0.5) is 0 Å². The van der Waals surface area contributed by atoms with Gasteiger partial charge < -0.3 is 15.4 Å². The summed E-state index contributed by atoms with van der Waals surface area (Å²) in [6.45, 7) is 11.0. The molecule has 0 saturated heterocycles. The quantitative estimate of drug-likeness (QED) is 0.509. The summed E-state index contributed by atoms with van der Waals surface area (Å²) < 4.78 is 5.25. The van der Waals surface area contributed by atoms with Crippen molar-refractivity contribution in [2.75, 3.05) is 19.8 Å². The van der Waals surface area contributed by atoms with E-state index in [1.807, 2.05) is 6.92 Å². The van der Waals surface area contributed by atoms with Crippen LogP contribution in [0.3, 0.4) is 0 Å². The summed E-state index contributed by atoms with van der Waals surface area (Å²) in [5, 5.41) is 7.27. The van der Waals surface area contributed by atoms with E-state index < -0.39 is 0 Å². The van der Waals surface area contributed by atoms with Crippen LogP contribution in [0.5, 0.6) is 0 Å². The van der Waals surface area contributed by atoms with Crippen LogP contribution < -0.4 is 10.6 Å². The third kappa shape index (κ3) is 8.92. The molecule has 0 aliphatic rings. The minimum absolute atomic E-state index is 0.0821. The highest BCUT2D eigenvalue weighted by molar-refractivity contribution is 7.80. The molecule has 0 atom stereocenters. The molecule has 0 amide bonds. The van der Waals surface area contributed by atoms with E-state index in [2.05, 4.69) is 31.4 Å². The van der Waals surface area contributed by atoms with Gasteiger partial charge in [0.2, 0.25) is 0 Å². The smallest absolute Gasteiger partial charge is 0.166 e. The topological polar surface area (TPSA) is 33.3 Å². The van der Waals surface area contributed by atoms with Crippen molar-refractivity contribution in [2.45, 2.75) is 52.5 Å². The second-order valence-corrected chi connectivity index (χ2v) is 4.97. The average molecular weight is 246 g/mol. The number of hydrogen-bond donors (Lipinski definition) is 2. The predicted molar refractivity (Wildman–Crippen MR) is 73.8 cm³/mol. The molecule has 3 nitrogen and oxygen atoms in total. The number of hydrogen-bond acceptors (Lipinski definition) is 2. The van der Waals surface area contributed by atoms with Crippen LogP contribution in [0.25, 0.3) is 0 Å². The fourth-order valence-electron chi connectivity index (χ4n) is 1.56. The highest BCUT2D eigenvalue weighted by Crippen LogP contribution is 2.09. The van der Waals surface area contributed by atoms with Crippen molar-refractivity contribution < 1.29 is 4.74 Å². The summed E-state index contributed by atoms with van der Waals surface area (Å²) in [5.74, 6) is 0. The molecule has 16 heavy (non-hydrogen) atoms. The first-order chi connectivity index (χ1) is 7.52. The Labute approximate surface area is 105 Å². The third-order valence-electron chi connectivity index (χ3n) is 2.28. The van der Waals surface area contributed by atoms with Crippen molar-refractivity contribution in [3.63, 3.8) is 0 Å². The van der Waals surface area contributed by atoms with E-state index in [-0.39, 0.29) is 5.54 Å². The summed E-state index contributed by atoms with van der Waals surface area (Å²) in [7, 11) is 0. The van der Waals surface area contributed by atoms with Gasteiger partial charge in [0.05, 0.1) is 0 Å². The van der Waals surface area contributed by atoms with Crippen molar-refractivity contribution in [2.24, 2.45) is 0 Å². The molecule has 0 rings (SSSR count). The van der Waals surface area contributed by atoms with Crippen LogP contribution in [0.2, 0.25) is 0 Å². The monoisotopic (exact) mass is 246 g/mol. The van der Waals surface area contributed by atoms with Gasteiger partial charge in [0.15, 0.2) is 5.11 Å². The van der Waals surface area contributed by atoms with Gasteiger partial charge in [-0.05, 0) is 45.8 Å². The molecule has 4 heteroatoms. The molecule has 0 aliphatic heterocycles. The standard InChI is InChI=1S/C12H26N2OS/c1-5-8-12(3,4)14-11(16)13-9-7-10-15-6-2/h5-10H2,1-4H3,(H2,13,14,16). The first-order valence-electron chi connectivity index (χ1n) is 6.15. The molecule has 0 fully saturated rings. The zero-order valence-corrected chi connectivity index (χ0v) is 11.9. The SMILES string of the molecule is CCCC(C)(C)NC(=S)NCCCOCC. The van der Waals surface area contributed by atoms with Crippen molar-refractivity contribution in [3.8, 4) is 0 Å². The number of ether oxygens (including phenoxy) is 1. The number of nitrogens with one attached hydrogen (secondary N) is 2. The average Bonchev–Trinajstić information content (AvgIpc) is 2.16. The lowest BCUT2D eigenvalue weighted by atomic mass is 9.99. The van der Waals surface area contributed by atoms with Crippen LogP contribution in [-0.4, -0.2) is 30.4 Å². The molecule has 2 N–H and O–H groups in total. The van der Waals surface area contributed by atoms with Crippen LogP contribution in [0.15, 0.2) is 0 Å². The van der Waals surface area contributed by atoms with E-state index in [9.17, 15) is 0 Å².